The molecule has 0 atom stereocenters. The number of fused-ring (bicyclic) bond motifs is 1. The lowest BCUT2D eigenvalue weighted by Crippen LogP contribution is -2.26. The zero-order valence-corrected chi connectivity index (χ0v) is 19.2. The fraction of sp³-hybridized carbons (Fsp3) is 0.320. The average Bonchev–Trinajstić information content (AvgIpc) is 3.18. The second-order valence-corrected chi connectivity index (χ2v) is 8.12. The third-order valence-electron chi connectivity index (χ3n) is 5.23. The summed E-state index contributed by atoms with van der Waals surface area (Å²) in [5.74, 6) is 2.06. The van der Waals surface area contributed by atoms with E-state index in [0.29, 0.717) is 17.5 Å². The highest BCUT2D eigenvalue weighted by Gasteiger charge is 2.18. The Morgan fingerprint density at radius 1 is 0.750 bits per heavy atom. The van der Waals surface area contributed by atoms with Crippen LogP contribution in [0.1, 0.15) is 37.8 Å². The summed E-state index contributed by atoms with van der Waals surface area (Å²) in [5.41, 5.74) is 5.84. The minimum Gasteiger partial charge on any atom is -0.355 e. The second kappa shape index (κ2) is 9.68. The van der Waals surface area contributed by atoms with Gasteiger partial charge >= 0.3 is 0 Å². The molecule has 0 saturated heterocycles. The van der Waals surface area contributed by atoms with Crippen LogP contribution in [0.4, 0.5) is 29.1 Å². The van der Waals surface area contributed by atoms with Crippen LogP contribution in [0.25, 0.3) is 11.2 Å². The van der Waals surface area contributed by atoms with Crippen LogP contribution in [0.3, 0.4) is 0 Å². The Hall–Kier alpha value is -3.61. The van der Waals surface area contributed by atoms with E-state index >= 15 is 0 Å². The minimum atomic E-state index is 0.555. The maximum Gasteiger partial charge on any atom is 0.231 e. The van der Waals surface area contributed by atoms with Gasteiger partial charge in [0.15, 0.2) is 17.0 Å². The number of benzene rings is 2. The molecule has 0 fully saturated rings. The summed E-state index contributed by atoms with van der Waals surface area (Å²) in [5, 5.41) is 6.70. The lowest BCUT2D eigenvalue weighted by Gasteiger charge is -2.23. The number of aromatic amines is 1. The summed E-state index contributed by atoms with van der Waals surface area (Å²) >= 11 is 0. The Morgan fingerprint density at radius 2 is 1.31 bits per heavy atom. The first-order chi connectivity index (χ1) is 15.6. The van der Waals surface area contributed by atoms with Crippen molar-refractivity contribution in [2.45, 2.75) is 40.5 Å². The molecule has 4 aromatic rings. The topological polar surface area (TPSA) is 81.8 Å². The van der Waals surface area contributed by atoms with Crippen molar-refractivity contribution in [3.63, 3.8) is 0 Å². The Morgan fingerprint density at radius 3 is 1.88 bits per heavy atom. The summed E-state index contributed by atoms with van der Waals surface area (Å²) < 4.78 is 0. The lowest BCUT2D eigenvalue weighted by molar-refractivity contribution is 0.736. The van der Waals surface area contributed by atoms with Crippen molar-refractivity contribution in [1.29, 1.82) is 0 Å². The van der Waals surface area contributed by atoms with Gasteiger partial charge in [-0.05, 0) is 51.0 Å². The Bertz CT molecular complexity index is 1160. The predicted octanol–water partition coefficient (Wildman–Crippen LogP) is 6.08. The quantitative estimate of drug-likeness (QED) is 0.299. The number of hydrogen-bond acceptors (Lipinski definition) is 6. The largest absolute Gasteiger partial charge is 0.355 e. The maximum atomic E-state index is 4.88. The molecule has 0 saturated carbocycles. The molecule has 7 heteroatoms. The number of anilines is 5. The van der Waals surface area contributed by atoms with Crippen molar-refractivity contribution >= 4 is 40.3 Å². The molecule has 0 bridgehead atoms. The molecule has 2 aromatic heterocycles. The Balaban J connectivity index is 1.73. The first-order valence-electron chi connectivity index (χ1n) is 11.3. The molecule has 2 aromatic carbocycles. The average molecular weight is 430 g/mol. The van der Waals surface area contributed by atoms with Crippen LogP contribution in [-0.4, -0.2) is 33.0 Å². The third kappa shape index (κ3) is 4.99. The second-order valence-electron chi connectivity index (χ2n) is 8.12. The van der Waals surface area contributed by atoms with Gasteiger partial charge < -0.3 is 20.5 Å². The van der Waals surface area contributed by atoms with Crippen LogP contribution in [-0.2, 0) is 0 Å². The van der Waals surface area contributed by atoms with Gasteiger partial charge in [0.2, 0.25) is 11.9 Å². The van der Waals surface area contributed by atoms with Gasteiger partial charge in [0.1, 0.15) is 0 Å². The van der Waals surface area contributed by atoms with Gasteiger partial charge in [-0.2, -0.15) is 9.97 Å². The molecular weight excluding hydrogens is 398 g/mol. The van der Waals surface area contributed by atoms with Gasteiger partial charge in [0.05, 0.1) is 0 Å². The van der Waals surface area contributed by atoms with E-state index in [4.69, 9.17) is 15.0 Å². The fourth-order valence-corrected chi connectivity index (χ4v) is 3.62. The van der Waals surface area contributed by atoms with Gasteiger partial charge in [0.25, 0.3) is 0 Å². The van der Waals surface area contributed by atoms with Crippen molar-refractivity contribution in [2.24, 2.45) is 0 Å². The fourth-order valence-electron chi connectivity index (χ4n) is 3.62. The first-order valence-corrected chi connectivity index (χ1v) is 11.3. The molecule has 0 amide bonds. The van der Waals surface area contributed by atoms with E-state index < -0.39 is 0 Å². The maximum absolute atomic E-state index is 4.88. The summed E-state index contributed by atoms with van der Waals surface area (Å²) in [6.07, 6.45) is 2.07. The molecule has 0 spiro atoms. The number of rotatable bonds is 9. The smallest absolute Gasteiger partial charge is 0.231 e. The highest BCUT2D eigenvalue weighted by molar-refractivity contribution is 5.87. The zero-order chi connectivity index (χ0) is 22.5. The summed E-state index contributed by atoms with van der Waals surface area (Å²) in [6, 6.07) is 16.4. The molecule has 2 heterocycles. The van der Waals surface area contributed by atoms with Gasteiger partial charge in [-0.3, -0.25) is 0 Å². The van der Waals surface area contributed by atoms with Gasteiger partial charge in [0, 0.05) is 24.5 Å². The normalized spacial score (nSPS) is 11.0. The Labute approximate surface area is 189 Å². The minimum absolute atomic E-state index is 0.555. The van der Waals surface area contributed by atoms with Crippen LogP contribution in [0.5, 0.6) is 0 Å². The van der Waals surface area contributed by atoms with Gasteiger partial charge in [-0.1, -0.05) is 49.2 Å². The number of imidazole rings is 1. The van der Waals surface area contributed by atoms with E-state index in [9.17, 15) is 0 Å². The van der Waals surface area contributed by atoms with E-state index in [0.717, 1.165) is 48.6 Å². The van der Waals surface area contributed by atoms with E-state index in [1.54, 1.807) is 0 Å². The number of nitrogens with one attached hydrogen (secondary N) is 3. The predicted molar refractivity (Wildman–Crippen MR) is 133 cm³/mol. The van der Waals surface area contributed by atoms with Gasteiger partial charge in [-0.15, -0.1) is 0 Å². The molecule has 7 nitrogen and oxygen atoms in total. The number of aromatic nitrogens is 4. The van der Waals surface area contributed by atoms with Crippen molar-refractivity contribution in [1.82, 2.24) is 19.9 Å². The molecule has 0 unspecified atom stereocenters. The van der Waals surface area contributed by atoms with E-state index in [1.807, 2.05) is 24.3 Å². The van der Waals surface area contributed by atoms with Crippen molar-refractivity contribution in [2.75, 3.05) is 28.6 Å². The highest BCUT2D eigenvalue weighted by Crippen LogP contribution is 2.28. The van der Waals surface area contributed by atoms with Crippen LogP contribution < -0.4 is 15.5 Å². The standard InChI is InChI=1S/C25H31N7/c1-5-15-32(16-6-2)23-21-22(29-24(28-21)26-19-11-7-17(3)8-12-19)30-25(31-23)27-20-13-9-18(4)10-14-20/h7-14H,5-6,15-16H2,1-4H3,(H3,26,27,28,29,30,31). The number of nitrogens with zero attached hydrogens (tertiary/aromatic N) is 4. The molecule has 32 heavy (non-hydrogen) atoms. The monoisotopic (exact) mass is 429 g/mol. The van der Waals surface area contributed by atoms with Crippen LogP contribution in [0, 0.1) is 13.8 Å². The molecule has 166 valence electrons. The SMILES string of the molecule is CCCN(CCC)c1nc(Nc2ccc(C)cc2)nc2[nH]c(Nc3ccc(C)cc3)nc12. The summed E-state index contributed by atoms with van der Waals surface area (Å²) in [7, 11) is 0. The van der Waals surface area contributed by atoms with Crippen LogP contribution >= 0.6 is 0 Å². The van der Waals surface area contributed by atoms with E-state index in [2.05, 4.69) is 72.5 Å². The highest BCUT2D eigenvalue weighted by atomic mass is 15.3. The molecule has 4 rings (SSSR count). The van der Waals surface area contributed by atoms with Gasteiger partial charge in [-0.25, -0.2) is 4.98 Å². The molecule has 0 aliphatic rings. The van der Waals surface area contributed by atoms with Crippen LogP contribution in [0.2, 0.25) is 0 Å². The molecular formula is C25H31N7. The lowest BCUT2D eigenvalue weighted by atomic mass is 10.2. The summed E-state index contributed by atoms with van der Waals surface area (Å²) in [6.45, 7) is 10.3. The first kappa shape index (κ1) is 21.6. The Kier molecular flexibility index (Phi) is 6.54. The third-order valence-corrected chi connectivity index (χ3v) is 5.23. The van der Waals surface area contributed by atoms with Crippen LogP contribution in [0.15, 0.2) is 48.5 Å². The van der Waals surface area contributed by atoms with Crippen molar-refractivity contribution in [3.8, 4) is 0 Å². The van der Waals surface area contributed by atoms with E-state index in [1.165, 1.54) is 11.1 Å². The number of H-pyrrole nitrogens is 1. The zero-order valence-electron chi connectivity index (χ0n) is 19.2. The van der Waals surface area contributed by atoms with E-state index in [-0.39, 0.29) is 0 Å². The summed E-state index contributed by atoms with van der Waals surface area (Å²) in [4.78, 5) is 20.0. The number of aryl methyl sites for hydroxylation is 2. The molecule has 3 N–H and O–H groups in total. The molecule has 0 radical (unpaired) electrons. The van der Waals surface area contributed by atoms with Crippen molar-refractivity contribution in [3.05, 3.63) is 59.7 Å². The van der Waals surface area contributed by atoms with Crippen molar-refractivity contribution < 1.29 is 0 Å². The molecule has 0 aliphatic carbocycles. The molecule has 0 aliphatic heterocycles. The number of hydrogen-bond donors (Lipinski definition) is 3.